The van der Waals surface area contributed by atoms with Crippen LogP contribution in [0, 0.1) is 0 Å². The number of nitrogens with zero attached hydrogens (tertiary/aromatic N) is 2. The molecule has 1 N–H and O–H groups in total. The van der Waals surface area contributed by atoms with Crippen LogP contribution >= 0.6 is 15.9 Å². The van der Waals surface area contributed by atoms with E-state index in [2.05, 4.69) is 31.2 Å². The molecule has 2 fully saturated rings. The number of halogens is 2. The van der Waals surface area contributed by atoms with Gasteiger partial charge in [0.05, 0.1) is 25.8 Å². The summed E-state index contributed by atoms with van der Waals surface area (Å²) >= 11 is 3.43. The molecule has 2 aliphatic rings. The Morgan fingerprint density at radius 1 is 1.07 bits per heavy atom. The number of ether oxygens (including phenoxy) is 4. The van der Waals surface area contributed by atoms with E-state index in [0.717, 1.165) is 15.5 Å². The zero-order chi connectivity index (χ0) is 20.7. The molecule has 5 rings (SSSR count). The number of hydrogen-bond acceptors (Lipinski definition) is 7. The van der Waals surface area contributed by atoms with Crippen LogP contribution in [0.3, 0.4) is 0 Å². The Labute approximate surface area is 180 Å². The highest BCUT2D eigenvalue weighted by molar-refractivity contribution is 9.10. The normalized spacial score (nSPS) is 25.3. The standard InChI is InChI=1S/C21H19BrFN3O4/c1-27-16-6-13-15(24-10-25-21(13)26-12-4-2-11(22)3-5-12)7-17(16)30-18-9-29-19-14(23)8-28-20(18)19/h2-7,10,14,18-20H,8-9H2,1H3,(H,24,25,26)/t14-,18?,19+,20+/m1/s1. The number of rotatable bonds is 5. The number of fused-ring (bicyclic) bond motifs is 2. The lowest BCUT2D eigenvalue weighted by atomic mass is 10.1. The fourth-order valence-corrected chi connectivity index (χ4v) is 4.03. The van der Waals surface area contributed by atoms with Crippen molar-refractivity contribution in [1.82, 2.24) is 9.97 Å². The first kappa shape index (κ1) is 19.5. The van der Waals surface area contributed by atoms with Crippen LogP contribution in [0.5, 0.6) is 11.5 Å². The third-order valence-electron chi connectivity index (χ3n) is 5.25. The minimum Gasteiger partial charge on any atom is -0.493 e. The van der Waals surface area contributed by atoms with E-state index in [4.69, 9.17) is 18.9 Å². The van der Waals surface area contributed by atoms with Gasteiger partial charge in [-0.15, -0.1) is 0 Å². The topological polar surface area (TPSA) is 74.7 Å². The van der Waals surface area contributed by atoms with Gasteiger partial charge in [0.2, 0.25) is 0 Å². The highest BCUT2D eigenvalue weighted by Gasteiger charge is 2.49. The van der Waals surface area contributed by atoms with Crippen molar-refractivity contribution in [3.63, 3.8) is 0 Å². The fourth-order valence-electron chi connectivity index (χ4n) is 3.77. The Kier molecular flexibility index (Phi) is 5.18. The van der Waals surface area contributed by atoms with Crippen molar-refractivity contribution in [3.05, 3.63) is 47.2 Å². The molecule has 2 aromatic carbocycles. The highest BCUT2D eigenvalue weighted by Crippen LogP contribution is 2.38. The van der Waals surface area contributed by atoms with Crippen LogP contribution in [0.15, 0.2) is 47.2 Å². The van der Waals surface area contributed by atoms with Gasteiger partial charge in [-0.3, -0.25) is 0 Å². The largest absolute Gasteiger partial charge is 0.493 e. The van der Waals surface area contributed by atoms with Gasteiger partial charge in [0.15, 0.2) is 23.8 Å². The van der Waals surface area contributed by atoms with Crippen molar-refractivity contribution < 1.29 is 23.3 Å². The molecule has 0 radical (unpaired) electrons. The van der Waals surface area contributed by atoms with Crippen molar-refractivity contribution in [2.45, 2.75) is 24.5 Å². The first-order chi connectivity index (χ1) is 14.6. The number of alkyl halides is 1. The molecular weight excluding hydrogens is 457 g/mol. The van der Waals surface area contributed by atoms with E-state index in [1.807, 2.05) is 30.3 Å². The maximum absolute atomic E-state index is 13.8. The number of nitrogens with one attached hydrogen (secondary N) is 1. The SMILES string of the molecule is COc1cc2c(Nc3ccc(Br)cc3)ncnc2cc1OC1CO[C@H]2[C@H](F)CO[C@@H]12. The molecule has 7 nitrogen and oxygen atoms in total. The third-order valence-corrected chi connectivity index (χ3v) is 5.78. The number of benzene rings is 2. The predicted molar refractivity (Wildman–Crippen MR) is 112 cm³/mol. The van der Waals surface area contributed by atoms with E-state index in [-0.39, 0.29) is 13.2 Å². The molecule has 0 spiro atoms. The van der Waals surface area contributed by atoms with E-state index in [1.165, 1.54) is 6.33 Å². The van der Waals surface area contributed by atoms with Gasteiger partial charge in [0, 0.05) is 21.6 Å². The molecule has 0 aliphatic carbocycles. The Balaban J connectivity index is 1.45. The molecule has 0 bridgehead atoms. The molecular formula is C21H19BrFN3O4. The molecule has 1 unspecified atom stereocenters. The van der Waals surface area contributed by atoms with Crippen molar-refractivity contribution in [3.8, 4) is 11.5 Å². The lowest BCUT2D eigenvalue weighted by molar-refractivity contribution is 0.0271. The summed E-state index contributed by atoms with van der Waals surface area (Å²) < 4.78 is 37.5. The second kappa shape index (κ2) is 7.98. The van der Waals surface area contributed by atoms with Crippen LogP contribution in [0.4, 0.5) is 15.9 Å². The Hall–Kier alpha value is -2.49. The van der Waals surface area contributed by atoms with E-state index in [1.54, 1.807) is 13.2 Å². The first-order valence-corrected chi connectivity index (χ1v) is 10.3. The van der Waals surface area contributed by atoms with Crippen LogP contribution in [-0.4, -0.2) is 54.8 Å². The van der Waals surface area contributed by atoms with Crippen molar-refractivity contribution >= 4 is 38.3 Å². The molecule has 4 atom stereocenters. The monoisotopic (exact) mass is 475 g/mol. The maximum Gasteiger partial charge on any atom is 0.164 e. The molecule has 0 amide bonds. The van der Waals surface area contributed by atoms with Gasteiger partial charge >= 0.3 is 0 Å². The predicted octanol–water partition coefficient (Wildman–Crippen LogP) is 4.03. The van der Waals surface area contributed by atoms with Gasteiger partial charge in [0.1, 0.15) is 24.4 Å². The molecule has 3 aromatic rings. The van der Waals surface area contributed by atoms with Crippen LogP contribution < -0.4 is 14.8 Å². The van der Waals surface area contributed by atoms with Gasteiger partial charge in [0.25, 0.3) is 0 Å². The van der Waals surface area contributed by atoms with Gasteiger partial charge in [-0.25, -0.2) is 14.4 Å². The third kappa shape index (κ3) is 3.57. The minimum absolute atomic E-state index is 0.0301. The van der Waals surface area contributed by atoms with E-state index < -0.39 is 24.5 Å². The molecule has 30 heavy (non-hydrogen) atoms. The van der Waals surface area contributed by atoms with Crippen LogP contribution in [0.25, 0.3) is 10.9 Å². The Morgan fingerprint density at radius 3 is 2.67 bits per heavy atom. The number of hydrogen-bond donors (Lipinski definition) is 1. The van der Waals surface area contributed by atoms with E-state index >= 15 is 0 Å². The molecule has 156 valence electrons. The van der Waals surface area contributed by atoms with E-state index in [9.17, 15) is 4.39 Å². The highest BCUT2D eigenvalue weighted by atomic mass is 79.9. The van der Waals surface area contributed by atoms with Crippen molar-refractivity contribution in [2.75, 3.05) is 25.6 Å². The molecule has 9 heteroatoms. The summed E-state index contributed by atoms with van der Waals surface area (Å²) in [6.07, 6.45) is -1.06. The van der Waals surface area contributed by atoms with E-state index in [0.29, 0.717) is 22.8 Å². The lowest BCUT2D eigenvalue weighted by Gasteiger charge is -2.20. The second-order valence-corrected chi connectivity index (χ2v) is 8.06. The van der Waals surface area contributed by atoms with Gasteiger partial charge in [-0.1, -0.05) is 15.9 Å². The first-order valence-electron chi connectivity index (χ1n) is 9.51. The number of methoxy groups -OCH3 is 1. The van der Waals surface area contributed by atoms with Crippen molar-refractivity contribution in [2.24, 2.45) is 0 Å². The summed E-state index contributed by atoms with van der Waals surface area (Å²) in [6, 6.07) is 11.4. The van der Waals surface area contributed by atoms with Crippen LogP contribution in [0.1, 0.15) is 0 Å². The molecule has 3 heterocycles. The lowest BCUT2D eigenvalue weighted by Crippen LogP contribution is -2.33. The van der Waals surface area contributed by atoms with Gasteiger partial charge in [-0.05, 0) is 30.3 Å². The zero-order valence-electron chi connectivity index (χ0n) is 16.0. The summed E-state index contributed by atoms with van der Waals surface area (Å²) in [5, 5.41) is 4.09. The average Bonchev–Trinajstić information content (AvgIpc) is 3.32. The number of anilines is 2. The summed E-state index contributed by atoms with van der Waals surface area (Å²) in [5.41, 5.74) is 1.58. The molecule has 2 aliphatic heterocycles. The average molecular weight is 476 g/mol. The second-order valence-electron chi connectivity index (χ2n) is 7.14. The van der Waals surface area contributed by atoms with Crippen LogP contribution in [-0.2, 0) is 9.47 Å². The summed E-state index contributed by atoms with van der Waals surface area (Å²) in [7, 11) is 1.57. The summed E-state index contributed by atoms with van der Waals surface area (Å²) in [5.74, 6) is 1.67. The quantitative estimate of drug-likeness (QED) is 0.596. The molecule has 0 saturated carbocycles. The fraction of sp³-hybridized carbons (Fsp3) is 0.333. The summed E-state index contributed by atoms with van der Waals surface area (Å²) in [6.45, 7) is 0.291. The van der Waals surface area contributed by atoms with Crippen molar-refractivity contribution in [1.29, 1.82) is 0 Å². The summed E-state index contributed by atoms with van der Waals surface area (Å²) in [4.78, 5) is 8.74. The van der Waals surface area contributed by atoms with Crippen LogP contribution in [0.2, 0.25) is 0 Å². The molecule has 2 saturated heterocycles. The van der Waals surface area contributed by atoms with Gasteiger partial charge < -0.3 is 24.3 Å². The Bertz CT molecular complexity index is 1070. The van der Waals surface area contributed by atoms with Gasteiger partial charge in [-0.2, -0.15) is 0 Å². The number of aromatic nitrogens is 2. The zero-order valence-corrected chi connectivity index (χ0v) is 17.6. The smallest absolute Gasteiger partial charge is 0.164 e. The minimum atomic E-state index is -1.12. The maximum atomic E-state index is 13.8. The Morgan fingerprint density at radius 2 is 1.87 bits per heavy atom. The molecule has 1 aromatic heterocycles.